The Hall–Kier alpha value is -1.38. The lowest BCUT2D eigenvalue weighted by Gasteiger charge is -2.18. The standard InChI is InChI=1S/C11H15N3/c1-11(2,3)7-9-5-4-6-10-13-12-8-14(9)10/h4-6,8H,7H2,1-3H3. The van der Waals surface area contributed by atoms with Gasteiger partial charge in [0.2, 0.25) is 0 Å². The summed E-state index contributed by atoms with van der Waals surface area (Å²) >= 11 is 0. The molecule has 0 bridgehead atoms. The largest absolute Gasteiger partial charge is 0.286 e. The van der Waals surface area contributed by atoms with Gasteiger partial charge in [0.05, 0.1) is 0 Å². The number of hydrogen-bond acceptors (Lipinski definition) is 2. The van der Waals surface area contributed by atoms with Gasteiger partial charge in [-0.05, 0) is 24.0 Å². The molecule has 14 heavy (non-hydrogen) atoms. The Morgan fingerprint density at radius 2 is 2.07 bits per heavy atom. The van der Waals surface area contributed by atoms with Crippen LogP contribution >= 0.6 is 0 Å². The lowest BCUT2D eigenvalue weighted by molar-refractivity contribution is 0.404. The maximum Gasteiger partial charge on any atom is 0.160 e. The van der Waals surface area contributed by atoms with Gasteiger partial charge in [0.15, 0.2) is 5.65 Å². The topological polar surface area (TPSA) is 30.2 Å². The molecule has 0 N–H and O–H groups in total. The lowest BCUT2D eigenvalue weighted by Crippen LogP contribution is -2.11. The predicted octanol–water partition coefficient (Wildman–Crippen LogP) is 2.32. The first-order valence-corrected chi connectivity index (χ1v) is 4.84. The Morgan fingerprint density at radius 1 is 1.29 bits per heavy atom. The highest BCUT2D eigenvalue weighted by molar-refractivity contribution is 5.38. The summed E-state index contributed by atoms with van der Waals surface area (Å²) in [6.07, 6.45) is 2.80. The normalized spacial score (nSPS) is 12.2. The van der Waals surface area contributed by atoms with E-state index in [4.69, 9.17) is 0 Å². The third-order valence-corrected chi connectivity index (χ3v) is 2.13. The zero-order valence-corrected chi connectivity index (χ0v) is 8.86. The molecule has 0 aliphatic rings. The van der Waals surface area contributed by atoms with E-state index < -0.39 is 0 Å². The Balaban J connectivity index is 2.46. The van der Waals surface area contributed by atoms with Gasteiger partial charge in [-0.3, -0.25) is 4.40 Å². The number of rotatable bonds is 1. The summed E-state index contributed by atoms with van der Waals surface area (Å²) in [5.74, 6) is 0. The quantitative estimate of drug-likeness (QED) is 0.689. The van der Waals surface area contributed by atoms with Crippen LogP contribution in [0.15, 0.2) is 24.5 Å². The maximum atomic E-state index is 4.02. The number of fused-ring (bicyclic) bond motifs is 1. The monoisotopic (exact) mass is 189 g/mol. The van der Waals surface area contributed by atoms with Crippen LogP contribution in [0.25, 0.3) is 5.65 Å². The van der Waals surface area contributed by atoms with Gasteiger partial charge in [-0.1, -0.05) is 26.8 Å². The van der Waals surface area contributed by atoms with E-state index in [1.807, 2.05) is 16.5 Å². The van der Waals surface area contributed by atoms with Crippen molar-refractivity contribution >= 4 is 5.65 Å². The molecule has 0 radical (unpaired) electrons. The molecular weight excluding hydrogens is 174 g/mol. The van der Waals surface area contributed by atoms with Crippen LogP contribution < -0.4 is 0 Å². The molecule has 3 heteroatoms. The minimum absolute atomic E-state index is 0.290. The molecule has 0 saturated heterocycles. The van der Waals surface area contributed by atoms with Crippen molar-refractivity contribution in [3.63, 3.8) is 0 Å². The van der Waals surface area contributed by atoms with Crippen molar-refractivity contribution in [3.8, 4) is 0 Å². The molecule has 0 atom stereocenters. The van der Waals surface area contributed by atoms with Crippen molar-refractivity contribution in [2.75, 3.05) is 0 Å². The third-order valence-electron chi connectivity index (χ3n) is 2.13. The van der Waals surface area contributed by atoms with E-state index in [2.05, 4.69) is 37.0 Å². The molecule has 2 heterocycles. The summed E-state index contributed by atoms with van der Waals surface area (Å²) in [5.41, 5.74) is 2.48. The fourth-order valence-electron chi connectivity index (χ4n) is 1.59. The molecule has 0 aromatic carbocycles. The second-order valence-electron chi connectivity index (χ2n) is 4.81. The molecule has 0 amide bonds. The Bertz CT molecular complexity index is 437. The summed E-state index contributed by atoms with van der Waals surface area (Å²) < 4.78 is 2.05. The van der Waals surface area contributed by atoms with Gasteiger partial charge in [-0.25, -0.2) is 0 Å². The highest BCUT2D eigenvalue weighted by atomic mass is 15.2. The first-order valence-electron chi connectivity index (χ1n) is 4.84. The van der Waals surface area contributed by atoms with Crippen LogP contribution in [0.1, 0.15) is 26.5 Å². The van der Waals surface area contributed by atoms with E-state index in [-0.39, 0.29) is 0 Å². The molecule has 0 unspecified atom stereocenters. The third kappa shape index (κ3) is 1.76. The van der Waals surface area contributed by atoms with E-state index in [0.717, 1.165) is 12.1 Å². The molecule has 2 rings (SSSR count). The van der Waals surface area contributed by atoms with Crippen LogP contribution in [0.5, 0.6) is 0 Å². The summed E-state index contributed by atoms with van der Waals surface area (Å²) in [6.45, 7) is 6.70. The fourth-order valence-corrected chi connectivity index (χ4v) is 1.59. The molecule has 0 aliphatic heterocycles. The van der Waals surface area contributed by atoms with Crippen molar-refractivity contribution in [3.05, 3.63) is 30.2 Å². The van der Waals surface area contributed by atoms with Gasteiger partial charge < -0.3 is 0 Å². The smallest absolute Gasteiger partial charge is 0.160 e. The van der Waals surface area contributed by atoms with E-state index in [9.17, 15) is 0 Å². The van der Waals surface area contributed by atoms with Crippen LogP contribution in [0.2, 0.25) is 0 Å². The summed E-state index contributed by atoms with van der Waals surface area (Å²) in [5, 5.41) is 7.93. The maximum absolute atomic E-state index is 4.02. The lowest BCUT2D eigenvalue weighted by atomic mass is 9.90. The summed E-state index contributed by atoms with van der Waals surface area (Å²) in [4.78, 5) is 0. The van der Waals surface area contributed by atoms with Crippen molar-refractivity contribution in [2.45, 2.75) is 27.2 Å². The van der Waals surface area contributed by atoms with Gasteiger partial charge in [0.1, 0.15) is 6.33 Å². The number of nitrogens with zero attached hydrogens (tertiary/aromatic N) is 3. The molecule has 0 spiro atoms. The minimum Gasteiger partial charge on any atom is -0.286 e. The van der Waals surface area contributed by atoms with E-state index in [0.29, 0.717) is 5.41 Å². The van der Waals surface area contributed by atoms with Gasteiger partial charge in [-0.15, -0.1) is 10.2 Å². The average molecular weight is 189 g/mol. The highest BCUT2D eigenvalue weighted by Crippen LogP contribution is 2.20. The van der Waals surface area contributed by atoms with Gasteiger partial charge >= 0.3 is 0 Å². The molecule has 2 aromatic heterocycles. The van der Waals surface area contributed by atoms with Gasteiger partial charge in [0.25, 0.3) is 0 Å². The number of aromatic nitrogens is 3. The SMILES string of the molecule is CC(C)(C)Cc1cccc2nncn12. The van der Waals surface area contributed by atoms with Crippen LogP contribution in [0.4, 0.5) is 0 Å². The van der Waals surface area contributed by atoms with Crippen molar-refractivity contribution in [2.24, 2.45) is 5.41 Å². The van der Waals surface area contributed by atoms with Crippen LogP contribution in [-0.4, -0.2) is 14.6 Å². The summed E-state index contributed by atoms with van der Waals surface area (Å²) in [7, 11) is 0. The summed E-state index contributed by atoms with van der Waals surface area (Å²) in [6, 6.07) is 6.13. The Morgan fingerprint density at radius 3 is 2.79 bits per heavy atom. The molecule has 0 fully saturated rings. The zero-order chi connectivity index (χ0) is 10.2. The van der Waals surface area contributed by atoms with Crippen molar-refractivity contribution in [1.29, 1.82) is 0 Å². The van der Waals surface area contributed by atoms with Crippen LogP contribution in [0, 0.1) is 5.41 Å². The van der Waals surface area contributed by atoms with Crippen molar-refractivity contribution in [1.82, 2.24) is 14.6 Å². The highest BCUT2D eigenvalue weighted by Gasteiger charge is 2.13. The second kappa shape index (κ2) is 3.08. The number of hydrogen-bond donors (Lipinski definition) is 0. The predicted molar refractivity (Wildman–Crippen MR) is 56.1 cm³/mol. The zero-order valence-electron chi connectivity index (χ0n) is 8.86. The molecule has 2 aromatic rings. The molecule has 0 aliphatic carbocycles. The van der Waals surface area contributed by atoms with Crippen LogP contribution in [-0.2, 0) is 6.42 Å². The van der Waals surface area contributed by atoms with Gasteiger partial charge in [0, 0.05) is 5.69 Å². The Labute approximate surface area is 83.8 Å². The van der Waals surface area contributed by atoms with Crippen molar-refractivity contribution < 1.29 is 0 Å². The van der Waals surface area contributed by atoms with E-state index in [1.165, 1.54) is 5.69 Å². The van der Waals surface area contributed by atoms with Gasteiger partial charge in [-0.2, -0.15) is 0 Å². The Kier molecular flexibility index (Phi) is 2.02. The van der Waals surface area contributed by atoms with E-state index in [1.54, 1.807) is 6.33 Å². The fraction of sp³-hybridized carbons (Fsp3) is 0.455. The second-order valence-corrected chi connectivity index (χ2v) is 4.81. The molecule has 74 valence electrons. The first-order chi connectivity index (χ1) is 6.56. The molecular formula is C11H15N3. The molecule has 0 saturated carbocycles. The average Bonchev–Trinajstić information content (AvgIpc) is 2.49. The first kappa shape index (κ1) is 9.19. The van der Waals surface area contributed by atoms with Crippen LogP contribution in [0.3, 0.4) is 0 Å². The molecule has 3 nitrogen and oxygen atoms in total. The number of pyridine rings is 1. The minimum atomic E-state index is 0.290. The van der Waals surface area contributed by atoms with E-state index >= 15 is 0 Å².